The summed E-state index contributed by atoms with van der Waals surface area (Å²) in [4.78, 5) is 17.3. The van der Waals surface area contributed by atoms with E-state index in [-0.39, 0.29) is 18.4 Å². The van der Waals surface area contributed by atoms with Gasteiger partial charge in [-0.25, -0.2) is 9.78 Å². The van der Waals surface area contributed by atoms with Crippen LogP contribution >= 0.6 is 0 Å². The second-order valence-electron chi connectivity index (χ2n) is 7.83. The molecule has 2 N–H and O–H groups in total. The first kappa shape index (κ1) is 24.6. The van der Waals surface area contributed by atoms with Crippen LogP contribution in [0.15, 0.2) is 30.5 Å². The van der Waals surface area contributed by atoms with Gasteiger partial charge in [0.2, 0.25) is 0 Å². The predicted octanol–water partition coefficient (Wildman–Crippen LogP) is 4.35. The molecule has 7 nitrogen and oxygen atoms in total. The molecule has 0 bridgehead atoms. The van der Waals surface area contributed by atoms with E-state index < -0.39 is 23.3 Å². The number of carboxylic acids is 1. The summed E-state index contributed by atoms with van der Waals surface area (Å²) < 4.78 is 52.0. The molecule has 1 fully saturated rings. The number of methoxy groups -OCH3 is 1. The second kappa shape index (κ2) is 10.7. The van der Waals surface area contributed by atoms with E-state index in [1.54, 1.807) is 13.2 Å². The van der Waals surface area contributed by atoms with Crippen molar-refractivity contribution in [3.05, 3.63) is 47.2 Å². The van der Waals surface area contributed by atoms with Gasteiger partial charge in [0.25, 0.3) is 0 Å². The summed E-state index contributed by atoms with van der Waals surface area (Å²) in [6.07, 6.45) is -1.77. The minimum absolute atomic E-state index is 0.0578. The lowest BCUT2D eigenvalue weighted by atomic mass is 10.0. The maximum absolute atomic E-state index is 13.6. The number of aromatic nitrogens is 1. The molecule has 0 radical (unpaired) electrons. The van der Waals surface area contributed by atoms with E-state index in [9.17, 15) is 23.1 Å². The fraction of sp³-hybridized carbons (Fsp3) is 0.478. The Bertz CT molecular complexity index is 962. The number of piperidine rings is 1. The highest BCUT2D eigenvalue weighted by atomic mass is 19.4. The molecule has 1 aromatic carbocycles. The quantitative estimate of drug-likeness (QED) is 0.567. The molecule has 180 valence electrons. The number of rotatable bonds is 9. The zero-order valence-electron chi connectivity index (χ0n) is 18.6. The third-order valence-electron chi connectivity index (χ3n) is 5.51. The highest BCUT2D eigenvalue weighted by Gasteiger charge is 2.37. The number of hydrogen-bond acceptors (Lipinski definition) is 6. The van der Waals surface area contributed by atoms with Crippen molar-refractivity contribution >= 4 is 11.8 Å². The fourth-order valence-corrected chi connectivity index (χ4v) is 3.86. The maximum atomic E-state index is 13.6. The molecule has 0 saturated carbocycles. The van der Waals surface area contributed by atoms with Gasteiger partial charge >= 0.3 is 12.1 Å². The number of benzene rings is 1. The van der Waals surface area contributed by atoms with Crippen molar-refractivity contribution in [2.24, 2.45) is 0 Å². The van der Waals surface area contributed by atoms with Crippen LogP contribution in [0.2, 0.25) is 0 Å². The first-order chi connectivity index (χ1) is 15.7. The van der Waals surface area contributed by atoms with E-state index in [0.717, 1.165) is 50.2 Å². The van der Waals surface area contributed by atoms with Crippen LogP contribution < -0.4 is 19.7 Å². The number of carboxylic acid groups (broad SMARTS) is 1. The monoisotopic (exact) mass is 467 g/mol. The number of pyridine rings is 1. The summed E-state index contributed by atoms with van der Waals surface area (Å²) in [5, 5.41) is 12.5. The van der Waals surface area contributed by atoms with Crippen molar-refractivity contribution in [2.75, 3.05) is 31.7 Å². The third kappa shape index (κ3) is 6.07. The number of halogens is 3. The highest BCUT2D eigenvalue weighted by Crippen LogP contribution is 2.36. The smallest absolute Gasteiger partial charge is 0.417 e. The zero-order chi connectivity index (χ0) is 24.0. The molecule has 0 unspecified atom stereocenters. The molecule has 1 saturated heterocycles. The standard InChI is InChI=1S/C23H28F3N3O4/c1-3-10-33-20-11-15(4-5-19(20)32-2)14-29(16-6-8-27-9-7-16)21-12-18(23(24,25)26)17(13-28-21)22(30)31/h4-5,11-13,16,27H,3,6-10,14H2,1-2H3,(H,30,31). The number of ether oxygens (including phenoxy) is 2. The van der Waals surface area contributed by atoms with Gasteiger partial charge in [-0.3, -0.25) is 0 Å². The van der Waals surface area contributed by atoms with Gasteiger partial charge < -0.3 is 24.8 Å². The van der Waals surface area contributed by atoms with Crippen LogP contribution in [0.1, 0.15) is 47.7 Å². The van der Waals surface area contributed by atoms with Crippen LogP contribution in [0.3, 0.4) is 0 Å². The van der Waals surface area contributed by atoms with Crippen molar-refractivity contribution < 1.29 is 32.5 Å². The van der Waals surface area contributed by atoms with Crippen LogP contribution in [-0.4, -0.2) is 48.9 Å². The van der Waals surface area contributed by atoms with Gasteiger partial charge in [0.15, 0.2) is 11.5 Å². The molecule has 1 aliphatic heterocycles. The number of hydrogen-bond donors (Lipinski definition) is 2. The van der Waals surface area contributed by atoms with E-state index in [1.165, 1.54) is 0 Å². The van der Waals surface area contributed by atoms with Gasteiger partial charge in [0, 0.05) is 18.8 Å². The van der Waals surface area contributed by atoms with E-state index >= 15 is 0 Å². The Kier molecular flexibility index (Phi) is 8.01. The number of alkyl halides is 3. The molecule has 0 amide bonds. The zero-order valence-corrected chi connectivity index (χ0v) is 18.6. The topological polar surface area (TPSA) is 83.9 Å². The van der Waals surface area contributed by atoms with Gasteiger partial charge in [-0.1, -0.05) is 13.0 Å². The van der Waals surface area contributed by atoms with Crippen LogP contribution in [0.4, 0.5) is 19.0 Å². The lowest BCUT2D eigenvalue weighted by Gasteiger charge is -2.36. The predicted molar refractivity (Wildman–Crippen MR) is 117 cm³/mol. The Morgan fingerprint density at radius 2 is 1.97 bits per heavy atom. The average Bonchev–Trinajstić information content (AvgIpc) is 2.80. The Balaban J connectivity index is 2.01. The summed E-state index contributed by atoms with van der Waals surface area (Å²) in [5.41, 5.74) is -1.25. The van der Waals surface area contributed by atoms with Crippen LogP contribution in [0.25, 0.3) is 0 Å². The van der Waals surface area contributed by atoms with Gasteiger partial charge in [0.05, 0.1) is 24.8 Å². The minimum Gasteiger partial charge on any atom is -0.493 e. The number of carbonyl (C=O) groups is 1. The summed E-state index contributed by atoms with van der Waals surface area (Å²) in [5.74, 6) is -0.440. The molecule has 33 heavy (non-hydrogen) atoms. The van der Waals surface area contributed by atoms with E-state index in [1.807, 2.05) is 24.0 Å². The lowest BCUT2D eigenvalue weighted by Crippen LogP contribution is -2.43. The highest BCUT2D eigenvalue weighted by molar-refractivity contribution is 5.89. The third-order valence-corrected chi connectivity index (χ3v) is 5.51. The van der Waals surface area contributed by atoms with Crippen LogP contribution in [0, 0.1) is 0 Å². The first-order valence-electron chi connectivity index (χ1n) is 10.8. The number of nitrogens with one attached hydrogen (secondary N) is 1. The summed E-state index contributed by atoms with van der Waals surface area (Å²) in [6.45, 7) is 4.24. The van der Waals surface area contributed by atoms with Crippen molar-refractivity contribution in [2.45, 2.75) is 44.9 Å². The largest absolute Gasteiger partial charge is 0.493 e. The van der Waals surface area contributed by atoms with Crippen molar-refractivity contribution in [3.63, 3.8) is 0 Å². The van der Waals surface area contributed by atoms with Gasteiger partial charge in [-0.05, 0) is 56.1 Å². The number of anilines is 1. The Morgan fingerprint density at radius 1 is 1.24 bits per heavy atom. The Hall–Kier alpha value is -3.01. The van der Waals surface area contributed by atoms with Gasteiger partial charge in [0.1, 0.15) is 5.82 Å². The van der Waals surface area contributed by atoms with Crippen molar-refractivity contribution in [3.8, 4) is 11.5 Å². The second-order valence-corrected chi connectivity index (χ2v) is 7.83. The van der Waals surface area contributed by atoms with E-state index in [0.29, 0.717) is 18.1 Å². The molecule has 1 aliphatic rings. The molecule has 10 heteroatoms. The molecule has 0 aliphatic carbocycles. The van der Waals surface area contributed by atoms with Crippen molar-refractivity contribution in [1.82, 2.24) is 10.3 Å². The SMILES string of the molecule is CCCOc1cc(CN(c2cc(C(F)(F)F)c(C(=O)O)cn2)C2CCNCC2)ccc1OC. The molecule has 1 aromatic heterocycles. The summed E-state index contributed by atoms with van der Waals surface area (Å²) in [7, 11) is 1.54. The maximum Gasteiger partial charge on any atom is 0.417 e. The fourth-order valence-electron chi connectivity index (χ4n) is 3.86. The van der Waals surface area contributed by atoms with Crippen molar-refractivity contribution in [1.29, 1.82) is 0 Å². The lowest BCUT2D eigenvalue weighted by molar-refractivity contribution is -0.138. The van der Waals surface area contributed by atoms with E-state index in [2.05, 4.69) is 10.3 Å². The van der Waals surface area contributed by atoms with Crippen LogP contribution in [0.5, 0.6) is 11.5 Å². The molecule has 2 heterocycles. The van der Waals surface area contributed by atoms with E-state index in [4.69, 9.17) is 9.47 Å². The van der Waals surface area contributed by atoms with Crippen LogP contribution in [-0.2, 0) is 12.7 Å². The Morgan fingerprint density at radius 3 is 2.58 bits per heavy atom. The number of nitrogens with zero attached hydrogens (tertiary/aromatic N) is 2. The molecule has 2 aromatic rings. The number of aromatic carboxylic acids is 1. The average molecular weight is 467 g/mol. The minimum atomic E-state index is -4.81. The van der Waals surface area contributed by atoms with Gasteiger partial charge in [-0.2, -0.15) is 13.2 Å². The summed E-state index contributed by atoms with van der Waals surface area (Å²) >= 11 is 0. The molecule has 3 rings (SSSR count). The molecule has 0 spiro atoms. The molecule has 0 atom stereocenters. The normalized spacial score (nSPS) is 14.7. The Labute approximate surface area is 190 Å². The van der Waals surface area contributed by atoms with Gasteiger partial charge in [-0.15, -0.1) is 0 Å². The first-order valence-corrected chi connectivity index (χ1v) is 10.8. The summed E-state index contributed by atoms with van der Waals surface area (Å²) in [6, 6.07) is 6.20. The molecular weight excluding hydrogens is 439 g/mol. The molecular formula is C23H28F3N3O4.